The standard InChI is InChI=1S/C17H21N3O.ClH/c1-2-5-14(6-3-1)10-20-16-9-17(12-18-11-16)21-13-15-7-4-8-19-15;/h1-3,5-6,9,11-12,15,19-20H,4,7-8,10,13H2;1H/t15-;/m0./s1. The van der Waals surface area contributed by atoms with E-state index >= 15 is 0 Å². The molecule has 22 heavy (non-hydrogen) atoms. The lowest BCUT2D eigenvalue weighted by molar-refractivity contribution is 0.276. The molecule has 1 fully saturated rings. The Labute approximate surface area is 137 Å². The summed E-state index contributed by atoms with van der Waals surface area (Å²) in [7, 11) is 0. The van der Waals surface area contributed by atoms with E-state index in [0.29, 0.717) is 12.6 Å². The molecule has 0 unspecified atom stereocenters. The van der Waals surface area contributed by atoms with E-state index in [2.05, 4.69) is 27.8 Å². The molecule has 1 aliphatic rings. The van der Waals surface area contributed by atoms with Crippen molar-refractivity contribution in [3.8, 4) is 5.75 Å². The van der Waals surface area contributed by atoms with Crippen molar-refractivity contribution < 1.29 is 4.74 Å². The number of benzene rings is 1. The molecule has 0 amide bonds. The molecule has 1 aromatic carbocycles. The molecular weight excluding hydrogens is 298 g/mol. The maximum Gasteiger partial charge on any atom is 0.139 e. The van der Waals surface area contributed by atoms with Crippen LogP contribution in [0.25, 0.3) is 0 Å². The Bertz CT molecular complexity index is 559. The Morgan fingerprint density at radius 1 is 1.23 bits per heavy atom. The lowest BCUT2D eigenvalue weighted by Crippen LogP contribution is -2.28. The summed E-state index contributed by atoms with van der Waals surface area (Å²) < 4.78 is 5.82. The van der Waals surface area contributed by atoms with Gasteiger partial charge in [0.15, 0.2) is 0 Å². The summed E-state index contributed by atoms with van der Waals surface area (Å²) in [6.07, 6.45) is 6.02. The van der Waals surface area contributed by atoms with Crippen molar-refractivity contribution in [3.05, 3.63) is 54.4 Å². The van der Waals surface area contributed by atoms with Crippen LogP contribution in [-0.4, -0.2) is 24.2 Å². The number of ether oxygens (including phenoxy) is 1. The van der Waals surface area contributed by atoms with Crippen LogP contribution in [0.15, 0.2) is 48.8 Å². The van der Waals surface area contributed by atoms with E-state index in [1.54, 1.807) is 6.20 Å². The van der Waals surface area contributed by atoms with E-state index in [0.717, 1.165) is 24.5 Å². The molecule has 2 aromatic rings. The largest absolute Gasteiger partial charge is 0.490 e. The molecule has 1 atom stereocenters. The maximum absolute atomic E-state index is 5.82. The zero-order chi connectivity index (χ0) is 14.3. The van der Waals surface area contributed by atoms with Crippen LogP contribution in [0.3, 0.4) is 0 Å². The highest BCUT2D eigenvalue weighted by atomic mass is 35.5. The van der Waals surface area contributed by atoms with E-state index in [1.807, 2.05) is 30.5 Å². The topological polar surface area (TPSA) is 46.2 Å². The summed E-state index contributed by atoms with van der Waals surface area (Å²) in [5.41, 5.74) is 2.23. The maximum atomic E-state index is 5.82. The molecule has 0 spiro atoms. The summed E-state index contributed by atoms with van der Waals surface area (Å²) in [5, 5.41) is 6.80. The fourth-order valence-corrected chi connectivity index (χ4v) is 2.49. The quantitative estimate of drug-likeness (QED) is 0.858. The first-order chi connectivity index (χ1) is 10.4. The predicted molar refractivity (Wildman–Crippen MR) is 91.8 cm³/mol. The minimum Gasteiger partial charge on any atom is -0.490 e. The molecule has 118 valence electrons. The van der Waals surface area contributed by atoms with Crippen molar-refractivity contribution in [2.24, 2.45) is 0 Å². The van der Waals surface area contributed by atoms with Crippen molar-refractivity contribution in [2.75, 3.05) is 18.5 Å². The summed E-state index contributed by atoms with van der Waals surface area (Å²) in [6.45, 7) is 2.60. The van der Waals surface area contributed by atoms with Crippen molar-refractivity contribution in [2.45, 2.75) is 25.4 Å². The van der Waals surface area contributed by atoms with Gasteiger partial charge in [0, 0.05) is 18.7 Å². The second-order valence-electron chi connectivity index (χ2n) is 5.35. The highest BCUT2D eigenvalue weighted by Crippen LogP contribution is 2.17. The van der Waals surface area contributed by atoms with Gasteiger partial charge in [-0.25, -0.2) is 0 Å². The van der Waals surface area contributed by atoms with E-state index in [1.165, 1.54) is 18.4 Å². The zero-order valence-corrected chi connectivity index (χ0v) is 13.3. The third kappa shape index (κ3) is 4.90. The molecule has 1 aliphatic heterocycles. The lowest BCUT2D eigenvalue weighted by atomic mass is 10.2. The number of anilines is 1. The number of halogens is 1. The Morgan fingerprint density at radius 3 is 2.86 bits per heavy atom. The van der Waals surface area contributed by atoms with Gasteiger partial charge in [-0.3, -0.25) is 4.98 Å². The molecule has 1 aromatic heterocycles. The van der Waals surface area contributed by atoms with Crippen LogP contribution in [0.2, 0.25) is 0 Å². The van der Waals surface area contributed by atoms with Gasteiger partial charge in [-0.05, 0) is 24.9 Å². The molecule has 0 aliphatic carbocycles. The highest BCUT2D eigenvalue weighted by molar-refractivity contribution is 5.85. The first kappa shape index (κ1) is 16.6. The third-order valence-electron chi connectivity index (χ3n) is 3.67. The first-order valence-corrected chi connectivity index (χ1v) is 7.49. The number of pyridine rings is 1. The molecule has 0 saturated carbocycles. The monoisotopic (exact) mass is 319 g/mol. The van der Waals surface area contributed by atoms with Crippen molar-refractivity contribution in [1.82, 2.24) is 10.3 Å². The Hall–Kier alpha value is -1.78. The SMILES string of the molecule is Cl.c1ccc(CNc2cncc(OC[C@@H]3CCCN3)c2)cc1. The van der Waals surface area contributed by atoms with Crippen LogP contribution in [-0.2, 0) is 6.54 Å². The number of rotatable bonds is 6. The number of hydrogen-bond donors (Lipinski definition) is 2. The van der Waals surface area contributed by atoms with Gasteiger partial charge in [0.1, 0.15) is 12.4 Å². The fraction of sp³-hybridized carbons (Fsp3) is 0.353. The molecule has 2 N–H and O–H groups in total. The van der Waals surface area contributed by atoms with Crippen molar-refractivity contribution >= 4 is 18.1 Å². The van der Waals surface area contributed by atoms with Gasteiger partial charge in [-0.15, -0.1) is 12.4 Å². The predicted octanol–water partition coefficient (Wildman–Crippen LogP) is 3.25. The molecule has 0 bridgehead atoms. The minimum atomic E-state index is 0. The van der Waals surface area contributed by atoms with Crippen LogP contribution in [0, 0.1) is 0 Å². The van der Waals surface area contributed by atoms with E-state index in [4.69, 9.17) is 4.74 Å². The third-order valence-corrected chi connectivity index (χ3v) is 3.67. The zero-order valence-electron chi connectivity index (χ0n) is 12.5. The Kier molecular flexibility index (Phi) is 6.49. The molecule has 3 rings (SSSR count). The molecule has 2 heterocycles. The summed E-state index contributed by atoms with van der Waals surface area (Å²) in [4.78, 5) is 4.23. The molecule has 0 radical (unpaired) electrons. The summed E-state index contributed by atoms with van der Waals surface area (Å²) in [5.74, 6) is 0.821. The summed E-state index contributed by atoms with van der Waals surface area (Å²) >= 11 is 0. The van der Waals surface area contributed by atoms with E-state index < -0.39 is 0 Å². The van der Waals surface area contributed by atoms with Crippen LogP contribution in [0.1, 0.15) is 18.4 Å². The highest BCUT2D eigenvalue weighted by Gasteiger charge is 2.14. The van der Waals surface area contributed by atoms with Crippen molar-refractivity contribution in [1.29, 1.82) is 0 Å². The van der Waals surface area contributed by atoms with Gasteiger partial charge in [-0.2, -0.15) is 0 Å². The second kappa shape index (κ2) is 8.61. The number of nitrogens with zero attached hydrogens (tertiary/aromatic N) is 1. The fourth-order valence-electron chi connectivity index (χ4n) is 2.49. The van der Waals surface area contributed by atoms with Gasteiger partial charge < -0.3 is 15.4 Å². The first-order valence-electron chi connectivity index (χ1n) is 7.49. The van der Waals surface area contributed by atoms with Gasteiger partial charge in [0.2, 0.25) is 0 Å². The molecule has 5 heteroatoms. The van der Waals surface area contributed by atoms with Gasteiger partial charge in [-0.1, -0.05) is 30.3 Å². The number of nitrogens with one attached hydrogen (secondary N) is 2. The Morgan fingerprint density at radius 2 is 2.09 bits per heavy atom. The van der Waals surface area contributed by atoms with Gasteiger partial charge in [0.25, 0.3) is 0 Å². The minimum absolute atomic E-state index is 0. The number of aromatic nitrogens is 1. The molecule has 1 saturated heterocycles. The number of hydrogen-bond acceptors (Lipinski definition) is 4. The van der Waals surface area contributed by atoms with E-state index in [9.17, 15) is 0 Å². The van der Waals surface area contributed by atoms with Gasteiger partial charge >= 0.3 is 0 Å². The van der Waals surface area contributed by atoms with Crippen LogP contribution in [0.5, 0.6) is 5.75 Å². The van der Waals surface area contributed by atoms with Gasteiger partial charge in [0.05, 0.1) is 18.1 Å². The van der Waals surface area contributed by atoms with Crippen molar-refractivity contribution in [3.63, 3.8) is 0 Å². The average molecular weight is 320 g/mol. The smallest absolute Gasteiger partial charge is 0.139 e. The second-order valence-corrected chi connectivity index (χ2v) is 5.35. The summed E-state index contributed by atoms with van der Waals surface area (Å²) in [6, 6.07) is 12.8. The Balaban J connectivity index is 0.00000176. The lowest BCUT2D eigenvalue weighted by Gasteiger charge is -2.13. The molecule has 4 nitrogen and oxygen atoms in total. The average Bonchev–Trinajstić information content (AvgIpc) is 3.06. The normalized spacial score (nSPS) is 16.8. The van der Waals surface area contributed by atoms with Crippen LogP contribution < -0.4 is 15.4 Å². The van der Waals surface area contributed by atoms with Crippen LogP contribution >= 0.6 is 12.4 Å². The molecular formula is C17H22ClN3O. The van der Waals surface area contributed by atoms with Crippen LogP contribution in [0.4, 0.5) is 5.69 Å². The van der Waals surface area contributed by atoms with E-state index in [-0.39, 0.29) is 12.4 Å².